The van der Waals surface area contributed by atoms with Crippen molar-refractivity contribution in [2.45, 2.75) is 64.1 Å². The van der Waals surface area contributed by atoms with Crippen molar-refractivity contribution in [2.24, 2.45) is 0 Å². The summed E-state index contributed by atoms with van der Waals surface area (Å²) in [5.41, 5.74) is 0. The van der Waals surface area contributed by atoms with Gasteiger partial charge in [-0.2, -0.15) is 0 Å². The van der Waals surface area contributed by atoms with Gasteiger partial charge in [0, 0.05) is 0 Å². The lowest BCUT2D eigenvalue weighted by Gasteiger charge is -1.96. The maximum atomic E-state index is 5.41. The maximum absolute atomic E-state index is 5.41. The molecule has 0 aromatic heterocycles. The highest BCUT2D eigenvalue weighted by atomic mass is 16.6. The third kappa shape index (κ3) is 3.57. The van der Waals surface area contributed by atoms with Gasteiger partial charge in [0.15, 0.2) is 0 Å². The molecular formula is C11H21O. The molecule has 1 aliphatic rings. The molecule has 71 valence electrons. The minimum Gasteiger partial charge on any atom is -0.370 e. The van der Waals surface area contributed by atoms with E-state index < -0.39 is 0 Å². The number of hydrogen-bond acceptors (Lipinski definition) is 1. The average Bonchev–Trinajstić information content (AvgIpc) is 2.83. The number of unbranched alkanes of at least 4 members (excludes halogenated alkanes) is 4. The van der Waals surface area contributed by atoms with Crippen LogP contribution in [0.4, 0.5) is 0 Å². The highest BCUT2D eigenvalue weighted by molar-refractivity contribution is 4.84. The van der Waals surface area contributed by atoms with E-state index in [0.29, 0.717) is 12.2 Å². The predicted molar refractivity (Wildman–Crippen MR) is 52.0 cm³/mol. The topological polar surface area (TPSA) is 12.5 Å². The van der Waals surface area contributed by atoms with Gasteiger partial charge in [-0.3, -0.25) is 0 Å². The van der Waals surface area contributed by atoms with E-state index in [9.17, 15) is 0 Å². The summed E-state index contributed by atoms with van der Waals surface area (Å²) < 4.78 is 5.41. The van der Waals surface area contributed by atoms with E-state index in [1.54, 1.807) is 0 Å². The molecule has 0 amide bonds. The first-order valence-electron chi connectivity index (χ1n) is 5.33. The van der Waals surface area contributed by atoms with E-state index in [1.807, 2.05) is 0 Å². The van der Waals surface area contributed by atoms with Crippen LogP contribution >= 0.6 is 0 Å². The molecule has 2 unspecified atom stereocenters. The van der Waals surface area contributed by atoms with Crippen molar-refractivity contribution >= 4 is 0 Å². The van der Waals surface area contributed by atoms with Gasteiger partial charge in [-0.1, -0.05) is 46.0 Å². The van der Waals surface area contributed by atoms with Crippen LogP contribution in [0.25, 0.3) is 0 Å². The van der Waals surface area contributed by atoms with Crippen LogP contribution < -0.4 is 0 Å². The molecule has 1 heterocycles. The molecule has 0 aliphatic carbocycles. The van der Waals surface area contributed by atoms with Gasteiger partial charge in [0.2, 0.25) is 0 Å². The van der Waals surface area contributed by atoms with E-state index in [0.717, 1.165) is 6.42 Å². The SMILES string of the molecule is [CH2]CC1OC1CCCCCCC. The number of rotatable bonds is 7. The largest absolute Gasteiger partial charge is 0.370 e. The van der Waals surface area contributed by atoms with Gasteiger partial charge in [-0.15, -0.1) is 0 Å². The van der Waals surface area contributed by atoms with E-state index in [2.05, 4.69) is 13.8 Å². The first kappa shape index (κ1) is 10.0. The van der Waals surface area contributed by atoms with Gasteiger partial charge < -0.3 is 4.74 Å². The van der Waals surface area contributed by atoms with Gasteiger partial charge in [-0.05, 0) is 12.8 Å². The van der Waals surface area contributed by atoms with Crippen molar-refractivity contribution in [3.8, 4) is 0 Å². The maximum Gasteiger partial charge on any atom is 0.0841 e. The Balaban J connectivity index is 1.78. The fourth-order valence-electron chi connectivity index (χ4n) is 1.64. The average molecular weight is 169 g/mol. The summed E-state index contributed by atoms with van der Waals surface area (Å²) in [7, 11) is 0. The molecule has 0 aromatic carbocycles. The zero-order valence-electron chi connectivity index (χ0n) is 8.22. The first-order chi connectivity index (χ1) is 5.88. The minimum atomic E-state index is 0.510. The molecule has 1 heteroatoms. The fraction of sp³-hybridized carbons (Fsp3) is 0.909. The van der Waals surface area contributed by atoms with Crippen LogP contribution in [0.5, 0.6) is 0 Å². The lowest BCUT2D eigenvalue weighted by molar-refractivity contribution is 0.358. The molecule has 1 fully saturated rings. The summed E-state index contributed by atoms with van der Waals surface area (Å²) in [5, 5.41) is 0. The summed E-state index contributed by atoms with van der Waals surface area (Å²) in [4.78, 5) is 0. The van der Waals surface area contributed by atoms with Gasteiger partial charge in [0.05, 0.1) is 12.2 Å². The molecule has 0 spiro atoms. The molecule has 2 atom stereocenters. The summed E-state index contributed by atoms with van der Waals surface area (Å²) in [6.45, 7) is 6.08. The van der Waals surface area contributed by atoms with Crippen molar-refractivity contribution < 1.29 is 4.74 Å². The number of ether oxygens (including phenoxy) is 1. The van der Waals surface area contributed by atoms with Crippen LogP contribution in [0.1, 0.15) is 51.9 Å². The molecule has 1 nitrogen and oxygen atoms in total. The molecule has 1 saturated heterocycles. The fourth-order valence-corrected chi connectivity index (χ4v) is 1.64. The van der Waals surface area contributed by atoms with Crippen LogP contribution in [-0.2, 0) is 4.74 Å². The third-order valence-corrected chi connectivity index (χ3v) is 2.56. The first-order valence-corrected chi connectivity index (χ1v) is 5.33. The predicted octanol–water partition coefficient (Wildman–Crippen LogP) is 3.34. The molecule has 1 radical (unpaired) electrons. The van der Waals surface area contributed by atoms with Crippen LogP contribution in [-0.4, -0.2) is 12.2 Å². The lowest BCUT2D eigenvalue weighted by Crippen LogP contribution is -1.92. The van der Waals surface area contributed by atoms with Gasteiger partial charge in [0.1, 0.15) is 0 Å². The van der Waals surface area contributed by atoms with Crippen molar-refractivity contribution in [3.05, 3.63) is 6.92 Å². The standard InChI is InChI=1S/C11H21O/c1-3-5-6-7-8-9-11-10(4-2)12-11/h10-11H,2-9H2,1H3. The normalized spacial score (nSPS) is 27.5. The minimum absolute atomic E-state index is 0.510. The Hall–Kier alpha value is -0.0400. The Kier molecular flexibility index (Phi) is 4.67. The summed E-state index contributed by atoms with van der Waals surface area (Å²) in [6.07, 6.45) is 10.2. The van der Waals surface area contributed by atoms with E-state index in [-0.39, 0.29) is 0 Å². The zero-order valence-corrected chi connectivity index (χ0v) is 8.22. The van der Waals surface area contributed by atoms with Crippen molar-refractivity contribution in [1.29, 1.82) is 0 Å². The van der Waals surface area contributed by atoms with E-state index in [1.165, 1.54) is 38.5 Å². The third-order valence-electron chi connectivity index (χ3n) is 2.56. The Morgan fingerprint density at radius 2 is 1.83 bits per heavy atom. The highest BCUT2D eigenvalue weighted by Crippen LogP contribution is 2.29. The highest BCUT2D eigenvalue weighted by Gasteiger charge is 2.35. The molecule has 0 N–H and O–H groups in total. The Morgan fingerprint density at radius 3 is 2.42 bits per heavy atom. The summed E-state index contributed by atoms with van der Waals surface area (Å²) in [6, 6.07) is 0. The molecule has 0 bridgehead atoms. The van der Waals surface area contributed by atoms with Crippen LogP contribution in [0, 0.1) is 6.92 Å². The van der Waals surface area contributed by atoms with Crippen LogP contribution in [0.15, 0.2) is 0 Å². The van der Waals surface area contributed by atoms with E-state index >= 15 is 0 Å². The summed E-state index contributed by atoms with van der Waals surface area (Å²) >= 11 is 0. The molecule has 0 saturated carbocycles. The molecular weight excluding hydrogens is 148 g/mol. The second-order valence-electron chi connectivity index (χ2n) is 3.70. The van der Waals surface area contributed by atoms with E-state index in [4.69, 9.17) is 4.74 Å². The number of epoxide rings is 1. The molecule has 12 heavy (non-hydrogen) atoms. The van der Waals surface area contributed by atoms with Gasteiger partial charge >= 0.3 is 0 Å². The second kappa shape index (κ2) is 5.58. The molecule has 0 aromatic rings. The monoisotopic (exact) mass is 169 g/mol. The zero-order chi connectivity index (χ0) is 8.81. The van der Waals surface area contributed by atoms with Crippen molar-refractivity contribution in [2.75, 3.05) is 0 Å². The Morgan fingerprint density at radius 1 is 1.08 bits per heavy atom. The summed E-state index contributed by atoms with van der Waals surface area (Å²) in [5.74, 6) is 0. The van der Waals surface area contributed by atoms with Gasteiger partial charge in [-0.25, -0.2) is 0 Å². The Labute approximate surface area is 76.5 Å². The smallest absolute Gasteiger partial charge is 0.0841 e. The van der Waals surface area contributed by atoms with Crippen LogP contribution in [0.2, 0.25) is 0 Å². The van der Waals surface area contributed by atoms with Gasteiger partial charge in [0.25, 0.3) is 0 Å². The second-order valence-corrected chi connectivity index (χ2v) is 3.70. The van der Waals surface area contributed by atoms with Crippen LogP contribution in [0.3, 0.4) is 0 Å². The lowest BCUT2D eigenvalue weighted by atomic mass is 10.1. The quantitative estimate of drug-likeness (QED) is 0.420. The van der Waals surface area contributed by atoms with Crippen molar-refractivity contribution in [1.82, 2.24) is 0 Å². The molecule has 1 rings (SSSR count). The Bertz CT molecular complexity index is 112. The molecule has 1 aliphatic heterocycles. The van der Waals surface area contributed by atoms with Crippen molar-refractivity contribution in [3.63, 3.8) is 0 Å². The number of hydrogen-bond donors (Lipinski definition) is 0.